The number of carbonyl (C=O) groups is 3. The lowest BCUT2D eigenvalue weighted by molar-refractivity contribution is -0.134. The van der Waals surface area contributed by atoms with Gasteiger partial charge in [-0.1, -0.05) is 6.08 Å². The van der Waals surface area contributed by atoms with Crippen LogP contribution in [0.4, 0.5) is 0 Å². The van der Waals surface area contributed by atoms with Crippen LogP contribution in [0.15, 0.2) is 18.2 Å². The number of carbonyl (C=O) groups excluding carboxylic acids is 3. The van der Waals surface area contributed by atoms with Gasteiger partial charge < -0.3 is 15.0 Å². The lowest BCUT2D eigenvalue weighted by atomic mass is 9.97. The number of Topliss-reactive ketones (excluding diaryl/α,β-unsaturated/α-hetero) is 1. The van der Waals surface area contributed by atoms with Gasteiger partial charge in [0.1, 0.15) is 5.69 Å². The van der Waals surface area contributed by atoms with Gasteiger partial charge in [-0.05, 0) is 18.9 Å². The standard InChI is InChI=1S/C14H16N2O4/c1-20-13(18)6-3-7-15-14(19)11-8-9-10(16-11)4-2-5-12(9)17/h3,6,8,16H,2,4-5,7H2,1H3,(H,15,19)/b6-3+. The highest BCUT2D eigenvalue weighted by molar-refractivity contribution is 6.02. The molecule has 0 unspecified atom stereocenters. The Labute approximate surface area is 116 Å². The summed E-state index contributed by atoms with van der Waals surface area (Å²) in [5.41, 5.74) is 1.82. The fraction of sp³-hybridized carbons (Fsp3) is 0.357. The minimum absolute atomic E-state index is 0.0761. The van der Waals surface area contributed by atoms with Gasteiger partial charge in [0.05, 0.1) is 7.11 Å². The third kappa shape index (κ3) is 3.14. The summed E-state index contributed by atoms with van der Waals surface area (Å²) in [7, 11) is 1.28. The summed E-state index contributed by atoms with van der Waals surface area (Å²) in [6.45, 7) is 0.214. The molecule has 0 radical (unpaired) electrons. The Hall–Kier alpha value is -2.37. The van der Waals surface area contributed by atoms with Gasteiger partial charge in [-0.2, -0.15) is 0 Å². The van der Waals surface area contributed by atoms with Crippen LogP contribution in [0.25, 0.3) is 0 Å². The van der Waals surface area contributed by atoms with Gasteiger partial charge in [0.2, 0.25) is 0 Å². The molecule has 6 nitrogen and oxygen atoms in total. The molecule has 6 heteroatoms. The van der Waals surface area contributed by atoms with Gasteiger partial charge in [0.15, 0.2) is 5.78 Å². The first kappa shape index (κ1) is 14.0. The van der Waals surface area contributed by atoms with Crippen molar-refractivity contribution in [1.29, 1.82) is 0 Å². The molecule has 0 atom stereocenters. The van der Waals surface area contributed by atoms with Gasteiger partial charge >= 0.3 is 5.97 Å². The van der Waals surface area contributed by atoms with E-state index in [9.17, 15) is 14.4 Å². The van der Waals surface area contributed by atoms with Crippen LogP contribution in [0, 0.1) is 0 Å². The number of esters is 1. The first-order valence-corrected chi connectivity index (χ1v) is 6.39. The van der Waals surface area contributed by atoms with Crippen LogP contribution in [0.1, 0.15) is 39.4 Å². The molecule has 1 aliphatic rings. The highest BCUT2D eigenvalue weighted by Gasteiger charge is 2.21. The van der Waals surface area contributed by atoms with E-state index in [1.54, 1.807) is 6.07 Å². The molecule has 0 saturated carbocycles. The number of hydrogen-bond acceptors (Lipinski definition) is 4. The highest BCUT2D eigenvalue weighted by Crippen LogP contribution is 2.21. The van der Waals surface area contributed by atoms with Crippen molar-refractivity contribution in [3.05, 3.63) is 35.2 Å². The Balaban J connectivity index is 1.95. The zero-order valence-electron chi connectivity index (χ0n) is 11.2. The molecule has 0 spiro atoms. The van der Waals surface area contributed by atoms with Crippen molar-refractivity contribution in [2.45, 2.75) is 19.3 Å². The van der Waals surface area contributed by atoms with E-state index < -0.39 is 5.97 Å². The van der Waals surface area contributed by atoms with Crippen LogP contribution in [-0.2, 0) is 16.0 Å². The molecule has 2 rings (SSSR count). The fourth-order valence-electron chi connectivity index (χ4n) is 2.10. The molecule has 1 aromatic heterocycles. The van der Waals surface area contributed by atoms with Crippen molar-refractivity contribution >= 4 is 17.7 Å². The molecule has 0 aliphatic heterocycles. The van der Waals surface area contributed by atoms with E-state index >= 15 is 0 Å². The number of aryl methyl sites for hydroxylation is 1. The van der Waals surface area contributed by atoms with Gasteiger partial charge in [0.25, 0.3) is 5.91 Å². The van der Waals surface area contributed by atoms with Crippen LogP contribution < -0.4 is 5.32 Å². The molecular formula is C14H16N2O4. The molecule has 1 aliphatic carbocycles. The summed E-state index contributed by atoms with van der Waals surface area (Å²) in [6, 6.07) is 1.59. The van der Waals surface area contributed by atoms with Gasteiger partial charge in [-0.3, -0.25) is 9.59 Å². The number of aromatic nitrogens is 1. The van der Waals surface area contributed by atoms with Crippen molar-refractivity contribution in [2.75, 3.05) is 13.7 Å². The molecule has 1 heterocycles. The number of amides is 1. The molecule has 0 aromatic carbocycles. The summed E-state index contributed by atoms with van der Waals surface area (Å²) < 4.78 is 4.43. The zero-order valence-corrected chi connectivity index (χ0v) is 11.2. The summed E-state index contributed by atoms with van der Waals surface area (Å²) in [5.74, 6) is -0.700. The molecule has 2 N–H and O–H groups in total. The minimum Gasteiger partial charge on any atom is -0.466 e. The molecule has 1 amide bonds. The second-order valence-electron chi connectivity index (χ2n) is 4.49. The second-order valence-corrected chi connectivity index (χ2v) is 4.49. The maximum atomic E-state index is 11.9. The number of nitrogens with one attached hydrogen (secondary N) is 2. The maximum Gasteiger partial charge on any atom is 0.330 e. The van der Waals surface area contributed by atoms with Gasteiger partial charge in [0, 0.05) is 30.3 Å². The number of methoxy groups -OCH3 is 1. The molecular weight excluding hydrogens is 260 g/mol. The number of fused-ring (bicyclic) bond motifs is 1. The lowest BCUT2D eigenvalue weighted by Gasteiger charge is -2.08. The Bertz CT molecular complexity index is 572. The van der Waals surface area contributed by atoms with E-state index in [2.05, 4.69) is 15.0 Å². The number of ether oxygens (including phenoxy) is 1. The SMILES string of the molecule is COC(=O)/C=C/CNC(=O)c1cc2c([nH]1)CCCC2=O. The van der Waals surface area contributed by atoms with E-state index in [0.717, 1.165) is 18.5 Å². The topological polar surface area (TPSA) is 88.3 Å². The zero-order chi connectivity index (χ0) is 14.5. The largest absolute Gasteiger partial charge is 0.466 e. The quantitative estimate of drug-likeness (QED) is 0.634. The van der Waals surface area contributed by atoms with E-state index in [-0.39, 0.29) is 18.2 Å². The Morgan fingerprint density at radius 3 is 2.95 bits per heavy atom. The Morgan fingerprint density at radius 1 is 1.45 bits per heavy atom. The van der Waals surface area contributed by atoms with Crippen molar-refractivity contribution in [3.63, 3.8) is 0 Å². The van der Waals surface area contributed by atoms with Crippen molar-refractivity contribution in [1.82, 2.24) is 10.3 Å². The third-order valence-electron chi connectivity index (χ3n) is 3.11. The minimum atomic E-state index is -0.472. The average Bonchev–Trinajstić information content (AvgIpc) is 2.88. The Kier molecular flexibility index (Phi) is 4.34. The van der Waals surface area contributed by atoms with Crippen molar-refractivity contribution < 1.29 is 19.1 Å². The van der Waals surface area contributed by atoms with Gasteiger partial charge in [-0.15, -0.1) is 0 Å². The van der Waals surface area contributed by atoms with Crippen LogP contribution in [-0.4, -0.2) is 36.3 Å². The lowest BCUT2D eigenvalue weighted by Crippen LogP contribution is -2.23. The molecule has 20 heavy (non-hydrogen) atoms. The monoisotopic (exact) mass is 276 g/mol. The highest BCUT2D eigenvalue weighted by atomic mass is 16.5. The Morgan fingerprint density at radius 2 is 2.25 bits per heavy atom. The van der Waals surface area contributed by atoms with Gasteiger partial charge in [-0.25, -0.2) is 4.79 Å². The second kappa shape index (κ2) is 6.18. The van der Waals surface area contributed by atoms with Crippen molar-refractivity contribution in [2.24, 2.45) is 0 Å². The van der Waals surface area contributed by atoms with E-state index in [4.69, 9.17) is 0 Å². The first-order chi connectivity index (χ1) is 9.61. The van der Waals surface area contributed by atoms with E-state index in [0.29, 0.717) is 17.7 Å². The number of rotatable bonds is 4. The number of aromatic amines is 1. The summed E-state index contributed by atoms with van der Waals surface area (Å²) in [4.78, 5) is 37.4. The fourth-order valence-corrected chi connectivity index (χ4v) is 2.10. The maximum absolute atomic E-state index is 11.9. The molecule has 0 saturated heterocycles. The predicted octanol–water partition coefficient (Wildman–Crippen LogP) is 0.993. The van der Waals surface area contributed by atoms with E-state index in [1.807, 2.05) is 0 Å². The number of ketones is 1. The van der Waals surface area contributed by atoms with Crippen LogP contribution >= 0.6 is 0 Å². The average molecular weight is 276 g/mol. The number of hydrogen-bond donors (Lipinski definition) is 2. The predicted molar refractivity (Wildman–Crippen MR) is 71.6 cm³/mol. The summed E-state index contributed by atoms with van der Waals surface area (Å²) in [6.07, 6.45) is 4.88. The molecule has 0 bridgehead atoms. The smallest absolute Gasteiger partial charge is 0.330 e. The molecule has 1 aromatic rings. The molecule has 0 fully saturated rings. The normalized spacial score (nSPS) is 14.2. The summed E-state index contributed by atoms with van der Waals surface area (Å²) >= 11 is 0. The van der Waals surface area contributed by atoms with E-state index in [1.165, 1.54) is 19.3 Å². The number of H-pyrrole nitrogens is 1. The van der Waals surface area contributed by atoms with Crippen LogP contribution in [0.2, 0.25) is 0 Å². The summed E-state index contributed by atoms with van der Waals surface area (Å²) in [5, 5.41) is 2.63. The molecule has 106 valence electrons. The van der Waals surface area contributed by atoms with Crippen LogP contribution in [0.3, 0.4) is 0 Å². The van der Waals surface area contributed by atoms with Crippen LogP contribution in [0.5, 0.6) is 0 Å². The van der Waals surface area contributed by atoms with Crippen molar-refractivity contribution in [3.8, 4) is 0 Å². The third-order valence-corrected chi connectivity index (χ3v) is 3.11. The first-order valence-electron chi connectivity index (χ1n) is 6.39.